The number of carbonyl (C=O) groups excluding carboxylic acids is 1. The maximum atomic E-state index is 12.2. The van der Waals surface area contributed by atoms with E-state index in [-0.39, 0.29) is 5.78 Å². The smallest absolute Gasteiger partial charge is 0.227 e. The van der Waals surface area contributed by atoms with Gasteiger partial charge in [-0.15, -0.1) is 0 Å². The molecule has 0 amide bonds. The zero-order valence-corrected chi connectivity index (χ0v) is 12.0. The highest BCUT2D eigenvalue weighted by Gasteiger charge is 2.35. The fourth-order valence-corrected chi connectivity index (χ4v) is 2.45. The molecular formula is C17H18NO3+. The predicted molar refractivity (Wildman–Crippen MR) is 76.7 cm³/mol. The number of pyridine rings is 1. The van der Waals surface area contributed by atoms with Crippen molar-refractivity contribution in [3.8, 4) is 0 Å². The molecule has 0 N–H and O–H groups in total. The van der Waals surface area contributed by atoms with Crippen LogP contribution in [-0.4, -0.2) is 19.0 Å². The topological polar surface area (TPSA) is 39.4 Å². The molecule has 1 aromatic carbocycles. The van der Waals surface area contributed by atoms with Crippen LogP contribution in [0.15, 0.2) is 54.9 Å². The van der Waals surface area contributed by atoms with Gasteiger partial charge in [-0.05, 0) is 13.0 Å². The van der Waals surface area contributed by atoms with E-state index in [0.29, 0.717) is 19.8 Å². The zero-order chi connectivity index (χ0) is 14.7. The molecule has 21 heavy (non-hydrogen) atoms. The summed E-state index contributed by atoms with van der Waals surface area (Å²) in [6.07, 6.45) is 3.79. The summed E-state index contributed by atoms with van der Waals surface area (Å²) in [6.45, 7) is 3.38. The molecule has 0 radical (unpaired) electrons. The van der Waals surface area contributed by atoms with Crippen molar-refractivity contribution in [2.45, 2.75) is 19.3 Å². The Hall–Kier alpha value is -2.04. The zero-order valence-electron chi connectivity index (χ0n) is 12.0. The van der Waals surface area contributed by atoms with Gasteiger partial charge in [0.2, 0.25) is 12.3 Å². The molecule has 0 spiro atoms. The fraction of sp³-hybridized carbons (Fsp3) is 0.294. The number of ether oxygens (including phenoxy) is 2. The molecule has 0 aliphatic carbocycles. The van der Waals surface area contributed by atoms with Crippen LogP contribution in [-0.2, 0) is 21.8 Å². The first kappa shape index (κ1) is 13.9. The average Bonchev–Trinajstić information content (AvgIpc) is 2.97. The standard InChI is InChI=1S/C17H18NO3/c1-17(20-10-11-21-17)15-8-5-9-18(12-15)13-16(19)14-6-3-2-4-7-14/h2-9,12H,10-11,13H2,1H3/q+1. The molecule has 0 atom stereocenters. The highest BCUT2D eigenvalue weighted by molar-refractivity contribution is 5.94. The van der Waals surface area contributed by atoms with Crippen LogP contribution in [0, 0.1) is 0 Å². The number of hydrogen-bond donors (Lipinski definition) is 0. The molecule has 1 aliphatic rings. The molecule has 108 valence electrons. The first-order valence-electron chi connectivity index (χ1n) is 7.03. The minimum atomic E-state index is -0.710. The molecular weight excluding hydrogens is 266 g/mol. The number of Topliss-reactive ketones (excluding diaryl/α,β-unsaturated/α-hetero) is 1. The quantitative estimate of drug-likeness (QED) is 0.637. The van der Waals surface area contributed by atoms with Gasteiger partial charge in [-0.1, -0.05) is 30.3 Å². The highest BCUT2D eigenvalue weighted by Crippen LogP contribution is 2.29. The number of nitrogens with zero attached hydrogens (tertiary/aromatic N) is 1. The van der Waals surface area contributed by atoms with Gasteiger partial charge in [-0.3, -0.25) is 4.79 Å². The van der Waals surface area contributed by atoms with E-state index in [4.69, 9.17) is 9.47 Å². The van der Waals surface area contributed by atoms with Gasteiger partial charge in [-0.25, -0.2) is 0 Å². The number of rotatable bonds is 4. The molecule has 0 saturated carbocycles. The minimum absolute atomic E-state index is 0.0798. The highest BCUT2D eigenvalue weighted by atomic mass is 16.7. The number of benzene rings is 1. The second-order valence-electron chi connectivity index (χ2n) is 5.20. The summed E-state index contributed by atoms with van der Waals surface area (Å²) in [6, 6.07) is 13.2. The van der Waals surface area contributed by atoms with Crippen LogP contribution in [0.2, 0.25) is 0 Å². The van der Waals surface area contributed by atoms with E-state index in [9.17, 15) is 4.79 Å². The lowest BCUT2D eigenvalue weighted by atomic mass is 10.1. The molecule has 1 aliphatic heterocycles. The molecule has 0 bridgehead atoms. The number of carbonyl (C=O) groups is 1. The van der Waals surface area contributed by atoms with Crippen LogP contribution in [0.25, 0.3) is 0 Å². The van der Waals surface area contributed by atoms with Gasteiger partial charge in [0.1, 0.15) is 0 Å². The molecule has 2 heterocycles. The Morgan fingerprint density at radius 1 is 1.14 bits per heavy atom. The van der Waals surface area contributed by atoms with Crippen molar-refractivity contribution >= 4 is 5.78 Å². The molecule has 1 fully saturated rings. The molecule has 1 aromatic heterocycles. The Bertz CT molecular complexity index is 633. The maximum Gasteiger partial charge on any atom is 0.227 e. The van der Waals surface area contributed by atoms with Crippen LogP contribution < -0.4 is 4.57 Å². The van der Waals surface area contributed by atoms with Gasteiger partial charge in [-0.2, -0.15) is 4.57 Å². The van der Waals surface area contributed by atoms with Gasteiger partial charge in [0, 0.05) is 11.6 Å². The van der Waals surface area contributed by atoms with E-state index in [1.807, 2.05) is 66.3 Å². The summed E-state index contributed by atoms with van der Waals surface area (Å²) in [5.74, 6) is -0.630. The Labute approximate surface area is 123 Å². The van der Waals surface area contributed by atoms with E-state index in [2.05, 4.69) is 0 Å². The van der Waals surface area contributed by atoms with Gasteiger partial charge in [0.05, 0.1) is 18.8 Å². The van der Waals surface area contributed by atoms with Crippen molar-refractivity contribution in [1.82, 2.24) is 0 Å². The summed E-state index contributed by atoms with van der Waals surface area (Å²) < 4.78 is 13.2. The molecule has 0 unspecified atom stereocenters. The summed E-state index contributed by atoms with van der Waals surface area (Å²) in [7, 11) is 0. The Balaban J connectivity index is 1.79. The average molecular weight is 284 g/mol. The van der Waals surface area contributed by atoms with E-state index in [1.54, 1.807) is 0 Å². The third-order valence-electron chi connectivity index (χ3n) is 3.64. The van der Waals surface area contributed by atoms with Crippen LogP contribution in [0.5, 0.6) is 0 Å². The SMILES string of the molecule is CC1(c2ccc[n+](CC(=O)c3ccccc3)c2)OCCO1. The van der Waals surface area contributed by atoms with Crippen molar-refractivity contribution in [2.24, 2.45) is 0 Å². The summed E-state index contributed by atoms with van der Waals surface area (Å²) in [5.41, 5.74) is 1.64. The predicted octanol–water partition coefficient (Wildman–Crippen LogP) is 2.08. The first-order chi connectivity index (χ1) is 10.2. The lowest BCUT2D eigenvalue weighted by Crippen LogP contribution is -2.39. The number of ketones is 1. The molecule has 4 heteroatoms. The second kappa shape index (κ2) is 5.76. The van der Waals surface area contributed by atoms with E-state index in [1.165, 1.54) is 0 Å². The van der Waals surface area contributed by atoms with Crippen LogP contribution in [0.1, 0.15) is 22.8 Å². The van der Waals surface area contributed by atoms with Gasteiger partial charge in [0.15, 0.2) is 18.2 Å². The van der Waals surface area contributed by atoms with Crippen molar-refractivity contribution in [3.05, 3.63) is 66.0 Å². The van der Waals surface area contributed by atoms with Crippen molar-refractivity contribution in [2.75, 3.05) is 13.2 Å². The summed E-state index contributed by atoms with van der Waals surface area (Å²) >= 11 is 0. The Morgan fingerprint density at radius 3 is 2.57 bits per heavy atom. The largest absolute Gasteiger partial charge is 0.343 e. The fourth-order valence-electron chi connectivity index (χ4n) is 2.45. The first-order valence-corrected chi connectivity index (χ1v) is 7.03. The van der Waals surface area contributed by atoms with Crippen molar-refractivity contribution in [1.29, 1.82) is 0 Å². The van der Waals surface area contributed by atoms with E-state index < -0.39 is 5.79 Å². The molecule has 3 rings (SSSR count). The summed E-state index contributed by atoms with van der Waals surface area (Å²) in [5, 5.41) is 0. The summed E-state index contributed by atoms with van der Waals surface area (Å²) in [4.78, 5) is 12.2. The third-order valence-corrected chi connectivity index (χ3v) is 3.64. The van der Waals surface area contributed by atoms with Crippen molar-refractivity contribution < 1.29 is 18.8 Å². The van der Waals surface area contributed by atoms with Gasteiger partial charge in [0.25, 0.3) is 0 Å². The van der Waals surface area contributed by atoms with E-state index >= 15 is 0 Å². The van der Waals surface area contributed by atoms with Crippen LogP contribution in [0.3, 0.4) is 0 Å². The number of hydrogen-bond acceptors (Lipinski definition) is 3. The Kier molecular flexibility index (Phi) is 3.82. The normalized spacial score (nSPS) is 16.8. The van der Waals surface area contributed by atoms with Crippen LogP contribution >= 0.6 is 0 Å². The van der Waals surface area contributed by atoms with Gasteiger partial charge >= 0.3 is 0 Å². The van der Waals surface area contributed by atoms with Crippen LogP contribution in [0.4, 0.5) is 0 Å². The van der Waals surface area contributed by atoms with E-state index in [0.717, 1.165) is 11.1 Å². The number of aromatic nitrogens is 1. The van der Waals surface area contributed by atoms with Gasteiger partial charge < -0.3 is 9.47 Å². The second-order valence-corrected chi connectivity index (χ2v) is 5.20. The Morgan fingerprint density at radius 2 is 1.86 bits per heavy atom. The molecule has 4 nitrogen and oxygen atoms in total. The maximum absolute atomic E-state index is 12.2. The lowest BCUT2D eigenvalue weighted by Gasteiger charge is -2.21. The van der Waals surface area contributed by atoms with Crippen molar-refractivity contribution in [3.63, 3.8) is 0 Å². The minimum Gasteiger partial charge on any atom is -0.343 e. The molecule has 1 saturated heterocycles. The molecule has 2 aromatic rings. The third kappa shape index (κ3) is 3.01. The monoisotopic (exact) mass is 284 g/mol. The lowest BCUT2D eigenvalue weighted by molar-refractivity contribution is -0.684.